The molecular weight excluding hydrogens is 173 g/mol. The second kappa shape index (κ2) is 4.57. The Morgan fingerprint density at radius 3 is 2.54 bits per heavy atom. The minimum absolute atomic E-state index is 0.549. The van der Waals surface area contributed by atoms with Gasteiger partial charge in [0, 0.05) is 0 Å². The number of benzene rings is 1. The second-order valence-corrected chi connectivity index (χ2v) is 2.52. The van der Waals surface area contributed by atoms with Gasteiger partial charge in [0.15, 0.2) is 0 Å². The maximum absolute atomic E-state index is 11.9. The van der Waals surface area contributed by atoms with Crippen molar-refractivity contribution in [3.63, 3.8) is 0 Å². The van der Waals surface area contributed by atoms with Crippen molar-refractivity contribution in [2.24, 2.45) is 0 Å². The molecule has 0 radical (unpaired) electrons. The molecule has 0 amide bonds. The predicted molar refractivity (Wildman–Crippen MR) is 45.9 cm³/mol. The van der Waals surface area contributed by atoms with Crippen LogP contribution in [-0.2, 0) is 4.79 Å². The molecule has 13 heavy (non-hydrogen) atoms. The van der Waals surface area contributed by atoms with Gasteiger partial charge in [-0.05, 0) is 5.56 Å². The summed E-state index contributed by atoms with van der Waals surface area (Å²) in [6, 6.07) is 7.52. The lowest BCUT2D eigenvalue weighted by Gasteiger charge is -2.11. The lowest BCUT2D eigenvalue weighted by Crippen LogP contribution is -2.27. The van der Waals surface area contributed by atoms with Gasteiger partial charge in [0.2, 0.25) is 0 Å². The fourth-order valence-electron chi connectivity index (χ4n) is 1.07. The zero-order chi connectivity index (χ0) is 9.68. The molecule has 1 unspecified atom stereocenters. The lowest BCUT2D eigenvalue weighted by molar-refractivity contribution is -0.139. The standard InChI is InChI=1S/C9H10FNO2/c10-6-11-8(9(12)13)7-4-2-1-3-5-7/h1-5,8,11H,6H2,(H,12,13). The van der Waals surface area contributed by atoms with E-state index in [1.807, 2.05) is 0 Å². The number of alkyl halides is 1. The van der Waals surface area contributed by atoms with E-state index in [1.165, 1.54) is 0 Å². The average molecular weight is 183 g/mol. The summed E-state index contributed by atoms with van der Waals surface area (Å²) >= 11 is 0. The van der Waals surface area contributed by atoms with Gasteiger partial charge in [0.25, 0.3) is 0 Å². The highest BCUT2D eigenvalue weighted by Crippen LogP contribution is 2.11. The number of halogens is 1. The Labute approximate surface area is 75.2 Å². The van der Waals surface area contributed by atoms with Crippen LogP contribution in [0.25, 0.3) is 0 Å². The van der Waals surface area contributed by atoms with Crippen molar-refractivity contribution in [1.29, 1.82) is 0 Å². The monoisotopic (exact) mass is 183 g/mol. The van der Waals surface area contributed by atoms with Crippen LogP contribution < -0.4 is 5.32 Å². The largest absolute Gasteiger partial charge is 0.480 e. The van der Waals surface area contributed by atoms with Gasteiger partial charge in [0.05, 0.1) is 0 Å². The molecule has 4 heteroatoms. The van der Waals surface area contributed by atoms with Crippen LogP contribution in [0.3, 0.4) is 0 Å². The molecular formula is C9H10FNO2. The molecule has 0 aliphatic rings. The van der Waals surface area contributed by atoms with Crippen LogP contribution in [0, 0.1) is 0 Å². The third-order valence-corrected chi connectivity index (χ3v) is 1.66. The Morgan fingerprint density at radius 1 is 1.46 bits per heavy atom. The van der Waals surface area contributed by atoms with Gasteiger partial charge in [-0.25, -0.2) is 4.39 Å². The molecule has 0 aromatic heterocycles. The summed E-state index contributed by atoms with van der Waals surface area (Å²) in [5, 5.41) is 11.0. The molecule has 1 atom stereocenters. The van der Waals surface area contributed by atoms with Crippen molar-refractivity contribution in [3.8, 4) is 0 Å². The van der Waals surface area contributed by atoms with Crippen LogP contribution in [-0.4, -0.2) is 17.9 Å². The fraction of sp³-hybridized carbons (Fsp3) is 0.222. The zero-order valence-corrected chi connectivity index (χ0v) is 6.90. The molecule has 1 aromatic rings. The van der Waals surface area contributed by atoms with Crippen LogP contribution in [0.4, 0.5) is 4.39 Å². The van der Waals surface area contributed by atoms with E-state index in [2.05, 4.69) is 5.32 Å². The van der Waals surface area contributed by atoms with Gasteiger partial charge < -0.3 is 5.11 Å². The molecule has 0 heterocycles. The highest BCUT2D eigenvalue weighted by atomic mass is 19.1. The first-order valence-corrected chi connectivity index (χ1v) is 3.83. The third-order valence-electron chi connectivity index (χ3n) is 1.66. The minimum Gasteiger partial charge on any atom is -0.480 e. The number of hydrogen-bond donors (Lipinski definition) is 2. The van der Waals surface area contributed by atoms with Crippen LogP contribution >= 0.6 is 0 Å². The summed E-state index contributed by atoms with van der Waals surface area (Å²) < 4.78 is 11.9. The number of carboxylic acid groups (broad SMARTS) is 1. The molecule has 0 aliphatic carbocycles. The first-order valence-electron chi connectivity index (χ1n) is 3.83. The number of nitrogens with one attached hydrogen (secondary N) is 1. The van der Waals surface area contributed by atoms with Crippen molar-refractivity contribution in [3.05, 3.63) is 35.9 Å². The van der Waals surface area contributed by atoms with Crippen molar-refractivity contribution in [2.45, 2.75) is 6.04 Å². The zero-order valence-electron chi connectivity index (χ0n) is 6.90. The van der Waals surface area contributed by atoms with Gasteiger partial charge in [-0.3, -0.25) is 10.1 Å². The number of carboxylic acids is 1. The lowest BCUT2D eigenvalue weighted by atomic mass is 10.1. The molecule has 70 valence electrons. The number of aliphatic carboxylic acids is 1. The van der Waals surface area contributed by atoms with Crippen molar-refractivity contribution in [1.82, 2.24) is 5.32 Å². The first-order chi connectivity index (χ1) is 6.25. The molecule has 1 aromatic carbocycles. The van der Waals surface area contributed by atoms with Gasteiger partial charge in [-0.15, -0.1) is 0 Å². The quantitative estimate of drug-likeness (QED) is 0.692. The second-order valence-electron chi connectivity index (χ2n) is 2.52. The summed E-state index contributed by atoms with van der Waals surface area (Å²) in [7, 11) is 0. The van der Waals surface area contributed by atoms with E-state index < -0.39 is 18.8 Å². The van der Waals surface area contributed by atoms with E-state index in [9.17, 15) is 9.18 Å². The normalized spacial score (nSPS) is 12.4. The minimum atomic E-state index is -1.08. The van der Waals surface area contributed by atoms with Crippen LogP contribution in [0.15, 0.2) is 30.3 Å². The summed E-state index contributed by atoms with van der Waals surface area (Å²) in [5.74, 6) is -1.08. The molecule has 1 rings (SSSR count). The maximum atomic E-state index is 11.9. The van der Waals surface area contributed by atoms with Crippen LogP contribution in [0.5, 0.6) is 0 Å². The van der Waals surface area contributed by atoms with Crippen molar-refractivity contribution in [2.75, 3.05) is 6.80 Å². The number of hydrogen-bond acceptors (Lipinski definition) is 2. The summed E-state index contributed by atoms with van der Waals surface area (Å²) in [5.41, 5.74) is 0.549. The van der Waals surface area contributed by atoms with Crippen LogP contribution in [0.1, 0.15) is 11.6 Å². The Balaban J connectivity index is 2.82. The average Bonchev–Trinajstić information content (AvgIpc) is 2.15. The van der Waals surface area contributed by atoms with Crippen molar-refractivity contribution >= 4 is 5.97 Å². The molecule has 0 fully saturated rings. The van der Waals surface area contributed by atoms with Crippen LogP contribution in [0.2, 0.25) is 0 Å². The summed E-state index contributed by atoms with van der Waals surface area (Å²) in [6.07, 6.45) is 0. The number of rotatable bonds is 4. The van der Waals surface area contributed by atoms with Crippen molar-refractivity contribution < 1.29 is 14.3 Å². The van der Waals surface area contributed by atoms with Gasteiger partial charge in [0.1, 0.15) is 12.8 Å². The molecule has 2 N–H and O–H groups in total. The predicted octanol–water partition coefficient (Wildman–Crippen LogP) is 1.33. The van der Waals surface area contributed by atoms with Gasteiger partial charge in [-0.2, -0.15) is 0 Å². The van der Waals surface area contributed by atoms with E-state index in [0.29, 0.717) is 5.56 Å². The Hall–Kier alpha value is -1.42. The maximum Gasteiger partial charge on any atom is 0.325 e. The highest BCUT2D eigenvalue weighted by molar-refractivity contribution is 5.75. The SMILES string of the molecule is O=C(O)C(NCF)c1ccccc1. The highest BCUT2D eigenvalue weighted by Gasteiger charge is 2.17. The summed E-state index contributed by atoms with van der Waals surface area (Å²) in [4.78, 5) is 10.7. The third kappa shape index (κ3) is 2.52. The first kappa shape index (κ1) is 9.67. The fourth-order valence-corrected chi connectivity index (χ4v) is 1.07. The molecule has 0 bridgehead atoms. The Bertz CT molecular complexity index is 276. The molecule has 0 saturated carbocycles. The van der Waals surface area contributed by atoms with Gasteiger partial charge >= 0.3 is 5.97 Å². The van der Waals surface area contributed by atoms with E-state index in [4.69, 9.17) is 5.11 Å². The molecule has 0 saturated heterocycles. The number of carbonyl (C=O) groups is 1. The van der Waals surface area contributed by atoms with E-state index in [-0.39, 0.29) is 0 Å². The Kier molecular flexibility index (Phi) is 3.40. The molecule has 0 spiro atoms. The molecule has 3 nitrogen and oxygen atoms in total. The topological polar surface area (TPSA) is 49.3 Å². The van der Waals surface area contributed by atoms with E-state index >= 15 is 0 Å². The van der Waals surface area contributed by atoms with E-state index in [1.54, 1.807) is 30.3 Å². The smallest absolute Gasteiger partial charge is 0.325 e. The molecule has 0 aliphatic heterocycles. The summed E-state index contributed by atoms with van der Waals surface area (Å²) in [6.45, 7) is -0.855. The van der Waals surface area contributed by atoms with Gasteiger partial charge in [-0.1, -0.05) is 30.3 Å². The Morgan fingerprint density at radius 2 is 2.08 bits per heavy atom. The van der Waals surface area contributed by atoms with E-state index in [0.717, 1.165) is 0 Å².